The molecule has 0 radical (unpaired) electrons. The molecule has 0 saturated carbocycles. The van der Waals surface area contributed by atoms with E-state index >= 15 is 0 Å². The van der Waals surface area contributed by atoms with Crippen LogP contribution in [-0.4, -0.2) is 4.98 Å². The minimum absolute atomic E-state index is 0.0878. The molecule has 2 rings (SSSR count). The van der Waals surface area contributed by atoms with Crippen molar-refractivity contribution in [1.29, 1.82) is 0 Å². The second kappa shape index (κ2) is 5.30. The van der Waals surface area contributed by atoms with Gasteiger partial charge in [-0.15, -0.1) is 6.58 Å². The SMILES string of the molecule is C=CC(Nc1ccccn1)c1cccc(C)c1. The van der Waals surface area contributed by atoms with Gasteiger partial charge in [0.1, 0.15) is 5.82 Å². The maximum Gasteiger partial charge on any atom is 0.126 e. The lowest BCUT2D eigenvalue weighted by Crippen LogP contribution is -2.08. The molecule has 1 unspecified atom stereocenters. The summed E-state index contributed by atoms with van der Waals surface area (Å²) < 4.78 is 0. The molecule has 1 heterocycles. The number of rotatable bonds is 4. The molecular formula is C15H16N2. The van der Waals surface area contributed by atoms with Gasteiger partial charge in [-0.3, -0.25) is 0 Å². The first-order valence-electron chi connectivity index (χ1n) is 5.66. The van der Waals surface area contributed by atoms with Gasteiger partial charge in [0.2, 0.25) is 0 Å². The highest BCUT2D eigenvalue weighted by molar-refractivity contribution is 5.40. The molecular weight excluding hydrogens is 208 g/mol. The van der Waals surface area contributed by atoms with Gasteiger partial charge in [0.05, 0.1) is 6.04 Å². The number of hydrogen-bond donors (Lipinski definition) is 1. The van der Waals surface area contributed by atoms with Crippen LogP contribution >= 0.6 is 0 Å². The highest BCUT2D eigenvalue weighted by Crippen LogP contribution is 2.19. The second-order valence-electron chi connectivity index (χ2n) is 3.99. The van der Waals surface area contributed by atoms with E-state index in [1.54, 1.807) is 6.20 Å². The maximum absolute atomic E-state index is 4.26. The van der Waals surface area contributed by atoms with Crippen molar-refractivity contribution < 1.29 is 0 Å². The van der Waals surface area contributed by atoms with Gasteiger partial charge in [-0.1, -0.05) is 42.0 Å². The molecule has 0 spiro atoms. The van der Waals surface area contributed by atoms with E-state index < -0.39 is 0 Å². The normalized spacial score (nSPS) is 11.8. The van der Waals surface area contributed by atoms with E-state index in [0.29, 0.717) is 0 Å². The Morgan fingerprint density at radius 2 is 2.12 bits per heavy atom. The van der Waals surface area contributed by atoms with Gasteiger partial charge in [-0.25, -0.2) is 4.98 Å². The highest BCUT2D eigenvalue weighted by atomic mass is 15.0. The van der Waals surface area contributed by atoms with E-state index in [4.69, 9.17) is 0 Å². The first-order chi connectivity index (χ1) is 8.29. The molecule has 1 aromatic heterocycles. The molecule has 2 aromatic rings. The van der Waals surface area contributed by atoms with Crippen molar-refractivity contribution in [3.05, 3.63) is 72.4 Å². The Bertz CT molecular complexity index is 491. The van der Waals surface area contributed by atoms with Crippen LogP contribution in [0.15, 0.2) is 61.3 Å². The Kier molecular flexibility index (Phi) is 3.55. The van der Waals surface area contributed by atoms with Crippen molar-refractivity contribution in [2.45, 2.75) is 13.0 Å². The summed E-state index contributed by atoms with van der Waals surface area (Å²) in [5.74, 6) is 0.860. The fourth-order valence-electron chi connectivity index (χ4n) is 1.75. The molecule has 0 aliphatic heterocycles. The fraction of sp³-hybridized carbons (Fsp3) is 0.133. The van der Waals surface area contributed by atoms with E-state index in [0.717, 1.165) is 5.82 Å². The molecule has 0 aliphatic rings. The molecule has 0 saturated heterocycles. The van der Waals surface area contributed by atoms with Crippen LogP contribution in [-0.2, 0) is 0 Å². The third-order valence-corrected chi connectivity index (χ3v) is 2.61. The number of benzene rings is 1. The Balaban J connectivity index is 2.20. The van der Waals surface area contributed by atoms with E-state index in [1.807, 2.05) is 24.3 Å². The molecule has 0 fully saturated rings. The number of aryl methyl sites for hydroxylation is 1. The number of hydrogen-bond acceptors (Lipinski definition) is 2. The molecule has 86 valence electrons. The Hall–Kier alpha value is -2.09. The smallest absolute Gasteiger partial charge is 0.126 e. The molecule has 0 aliphatic carbocycles. The van der Waals surface area contributed by atoms with Crippen LogP contribution in [0.4, 0.5) is 5.82 Å². The molecule has 17 heavy (non-hydrogen) atoms. The van der Waals surface area contributed by atoms with Crippen molar-refractivity contribution in [1.82, 2.24) is 4.98 Å². The number of anilines is 1. The predicted octanol–water partition coefficient (Wildman–Crippen LogP) is 3.73. The molecule has 2 heteroatoms. The largest absolute Gasteiger partial charge is 0.360 e. The minimum Gasteiger partial charge on any atom is -0.360 e. The predicted molar refractivity (Wildman–Crippen MR) is 72.0 cm³/mol. The number of nitrogens with zero attached hydrogens (tertiary/aromatic N) is 1. The lowest BCUT2D eigenvalue weighted by Gasteiger charge is -2.16. The monoisotopic (exact) mass is 224 g/mol. The van der Waals surface area contributed by atoms with Crippen molar-refractivity contribution in [3.63, 3.8) is 0 Å². The van der Waals surface area contributed by atoms with Crippen LogP contribution in [0, 0.1) is 6.92 Å². The Morgan fingerprint density at radius 3 is 2.76 bits per heavy atom. The van der Waals surface area contributed by atoms with E-state index in [2.05, 4.69) is 48.1 Å². The number of aromatic nitrogens is 1. The van der Waals surface area contributed by atoms with Crippen LogP contribution in [0.3, 0.4) is 0 Å². The van der Waals surface area contributed by atoms with Crippen LogP contribution in [0.1, 0.15) is 17.2 Å². The quantitative estimate of drug-likeness (QED) is 0.800. The van der Waals surface area contributed by atoms with Crippen LogP contribution < -0.4 is 5.32 Å². The first-order valence-corrected chi connectivity index (χ1v) is 5.66. The van der Waals surface area contributed by atoms with Gasteiger partial charge in [-0.2, -0.15) is 0 Å². The minimum atomic E-state index is 0.0878. The summed E-state index contributed by atoms with van der Waals surface area (Å²) in [4.78, 5) is 4.26. The zero-order valence-electron chi connectivity index (χ0n) is 9.93. The van der Waals surface area contributed by atoms with Gasteiger partial charge in [0, 0.05) is 6.20 Å². The van der Waals surface area contributed by atoms with Gasteiger partial charge in [0.15, 0.2) is 0 Å². The van der Waals surface area contributed by atoms with Crippen molar-refractivity contribution >= 4 is 5.82 Å². The van der Waals surface area contributed by atoms with Crippen molar-refractivity contribution in [2.24, 2.45) is 0 Å². The second-order valence-corrected chi connectivity index (χ2v) is 3.99. The van der Waals surface area contributed by atoms with Gasteiger partial charge in [0.25, 0.3) is 0 Å². The van der Waals surface area contributed by atoms with E-state index in [9.17, 15) is 0 Å². The summed E-state index contributed by atoms with van der Waals surface area (Å²) in [5.41, 5.74) is 2.45. The number of nitrogens with one attached hydrogen (secondary N) is 1. The molecule has 0 bridgehead atoms. The summed E-state index contributed by atoms with van der Waals surface area (Å²) in [5, 5.41) is 3.34. The van der Waals surface area contributed by atoms with Gasteiger partial charge in [-0.05, 0) is 24.6 Å². The lowest BCUT2D eigenvalue weighted by atomic mass is 10.0. The maximum atomic E-state index is 4.26. The molecule has 1 N–H and O–H groups in total. The molecule has 1 aromatic carbocycles. The van der Waals surface area contributed by atoms with Gasteiger partial charge < -0.3 is 5.32 Å². The van der Waals surface area contributed by atoms with Gasteiger partial charge >= 0.3 is 0 Å². The summed E-state index contributed by atoms with van der Waals surface area (Å²) in [6.45, 7) is 5.96. The zero-order valence-corrected chi connectivity index (χ0v) is 9.93. The highest BCUT2D eigenvalue weighted by Gasteiger charge is 2.07. The van der Waals surface area contributed by atoms with Crippen LogP contribution in [0.5, 0.6) is 0 Å². The zero-order chi connectivity index (χ0) is 12.1. The first kappa shape index (κ1) is 11.4. The number of pyridine rings is 1. The Morgan fingerprint density at radius 1 is 1.24 bits per heavy atom. The summed E-state index contributed by atoms with van der Waals surface area (Å²) in [6, 6.07) is 14.3. The summed E-state index contributed by atoms with van der Waals surface area (Å²) in [6.07, 6.45) is 3.67. The topological polar surface area (TPSA) is 24.9 Å². The third kappa shape index (κ3) is 2.94. The summed E-state index contributed by atoms with van der Waals surface area (Å²) >= 11 is 0. The van der Waals surface area contributed by atoms with E-state index in [1.165, 1.54) is 11.1 Å². The molecule has 2 nitrogen and oxygen atoms in total. The molecule has 0 amide bonds. The van der Waals surface area contributed by atoms with Crippen LogP contribution in [0.25, 0.3) is 0 Å². The van der Waals surface area contributed by atoms with Crippen molar-refractivity contribution in [3.8, 4) is 0 Å². The Labute approximate surface area is 102 Å². The van der Waals surface area contributed by atoms with E-state index in [-0.39, 0.29) is 6.04 Å². The third-order valence-electron chi connectivity index (χ3n) is 2.61. The molecule has 1 atom stereocenters. The fourth-order valence-corrected chi connectivity index (χ4v) is 1.75. The summed E-state index contributed by atoms with van der Waals surface area (Å²) in [7, 11) is 0. The van der Waals surface area contributed by atoms with Crippen LogP contribution in [0.2, 0.25) is 0 Å². The lowest BCUT2D eigenvalue weighted by molar-refractivity contribution is 0.968. The standard InChI is InChI=1S/C15H16N2/c1-3-14(13-8-6-7-12(2)11-13)17-15-9-4-5-10-16-15/h3-11,14H,1H2,2H3,(H,16,17). The van der Waals surface area contributed by atoms with Crippen molar-refractivity contribution in [2.75, 3.05) is 5.32 Å². The average molecular weight is 224 g/mol. The average Bonchev–Trinajstić information content (AvgIpc) is 2.37.